The molecule has 0 bridgehead atoms. The van der Waals surface area contributed by atoms with Crippen molar-refractivity contribution in [3.63, 3.8) is 0 Å². The standard InChI is InChI=1S/C13H15ClN4S/c1-8(2)18(6-4-5-15)11-10-7-9(3)19-12(10)17-13(14)16-11/h7-8H,4,6H2,1-3H3. The molecule has 0 amide bonds. The number of halogens is 1. The van der Waals surface area contributed by atoms with Crippen molar-refractivity contribution in [1.82, 2.24) is 9.97 Å². The highest BCUT2D eigenvalue weighted by Crippen LogP contribution is 2.32. The number of nitriles is 1. The van der Waals surface area contributed by atoms with Crippen LogP contribution in [-0.4, -0.2) is 22.6 Å². The van der Waals surface area contributed by atoms with Crippen LogP contribution in [0.2, 0.25) is 5.28 Å². The molecule has 0 aromatic carbocycles. The number of nitrogens with zero attached hydrogens (tertiary/aromatic N) is 4. The van der Waals surface area contributed by atoms with Gasteiger partial charge in [0.25, 0.3) is 0 Å². The van der Waals surface area contributed by atoms with Gasteiger partial charge in [-0.2, -0.15) is 10.2 Å². The van der Waals surface area contributed by atoms with E-state index in [1.807, 2.05) is 6.92 Å². The predicted molar refractivity (Wildman–Crippen MR) is 79.9 cm³/mol. The van der Waals surface area contributed by atoms with Crippen LogP contribution in [0.25, 0.3) is 10.2 Å². The quantitative estimate of drug-likeness (QED) is 0.805. The first-order chi connectivity index (χ1) is 9.02. The predicted octanol–water partition coefficient (Wildman–Crippen LogP) is 3.78. The molecule has 0 radical (unpaired) electrons. The maximum Gasteiger partial charge on any atom is 0.225 e. The molecule has 0 unspecified atom stereocenters. The Labute approximate surface area is 121 Å². The Kier molecular flexibility index (Phi) is 4.23. The van der Waals surface area contributed by atoms with E-state index >= 15 is 0 Å². The average molecular weight is 295 g/mol. The van der Waals surface area contributed by atoms with Crippen LogP contribution < -0.4 is 4.90 Å². The van der Waals surface area contributed by atoms with Crippen molar-refractivity contribution in [2.45, 2.75) is 33.2 Å². The van der Waals surface area contributed by atoms with Crippen LogP contribution in [0, 0.1) is 18.3 Å². The Morgan fingerprint density at radius 2 is 2.21 bits per heavy atom. The van der Waals surface area contributed by atoms with E-state index in [9.17, 15) is 0 Å². The third-order valence-electron chi connectivity index (χ3n) is 2.83. The number of thiophene rings is 1. The number of aromatic nitrogens is 2. The fraction of sp³-hybridized carbons (Fsp3) is 0.462. The first-order valence-electron chi connectivity index (χ1n) is 6.10. The molecule has 2 aromatic rings. The molecule has 6 heteroatoms. The first kappa shape index (κ1) is 14.0. The van der Waals surface area contributed by atoms with Gasteiger partial charge in [-0.1, -0.05) is 0 Å². The van der Waals surface area contributed by atoms with E-state index in [1.165, 1.54) is 4.88 Å². The zero-order valence-corrected chi connectivity index (χ0v) is 12.7. The van der Waals surface area contributed by atoms with E-state index < -0.39 is 0 Å². The molecule has 0 fully saturated rings. The fourth-order valence-electron chi connectivity index (χ4n) is 2.00. The van der Waals surface area contributed by atoms with Crippen molar-refractivity contribution in [1.29, 1.82) is 5.26 Å². The van der Waals surface area contributed by atoms with Crippen molar-refractivity contribution >= 4 is 39.0 Å². The van der Waals surface area contributed by atoms with E-state index in [4.69, 9.17) is 16.9 Å². The number of rotatable bonds is 4. The summed E-state index contributed by atoms with van der Waals surface area (Å²) < 4.78 is 0. The minimum Gasteiger partial charge on any atom is -0.352 e. The number of aryl methyl sites for hydroxylation is 1. The molecule has 0 saturated heterocycles. The number of fused-ring (bicyclic) bond motifs is 1. The van der Waals surface area contributed by atoms with Gasteiger partial charge in [-0.15, -0.1) is 11.3 Å². The maximum absolute atomic E-state index is 8.78. The second-order valence-electron chi connectivity index (χ2n) is 4.59. The Hall–Kier alpha value is -1.38. The molecule has 0 aliphatic heterocycles. The minimum absolute atomic E-state index is 0.253. The molecule has 2 heterocycles. The topological polar surface area (TPSA) is 52.8 Å². The van der Waals surface area contributed by atoms with Gasteiger partial charge in [0.05, 0.1) is 17.9 Å². The van der Waals surface area contributed by atoms with Gasteiger partial charge in [0, 0.05) is 17.5 Å². The summed E-state index contributed by atoms with van der Waals surface area (Å²) in [5, 5.41) is 10.1. The second kappa shape index (κ2) is 5.72. The third-order valence-corrected chi connectivity index (χ3v) is 3.94. The van der Waals surface area contributed by atoms with Crippen LogP contribution in [0.15, 0.2) is 6.07 Å². The molecule has 0 spiro atoms. The monoisotopic (exact) mass is 294 g/mol. The normalized spacial score (nSPS) is 10.9. The zero-order valence-electron chi connectivity index (χ0n) is 11.1. The molecule has 0 aliphatic carbocycles. The van der Waals surface area contributed by atoms with E-state index in [0.717, 1.165) is 16.0 Å². The van der Waals surface area contributed by atoms with Crippen molar-refractivity contribution in [2.75, 3.05) is 11.4 Å². The Balaban J connectivity index is 2.54. The summed E-state index contributed by atoms with van der Waals surface area (Å²) in [5.41, 5.74) is 0. The highest BCUT2D eigenvalue weighted by molar-refractivity contribution is 7.18. The fourth-order valence-corrected chi connectivity index (χ4v) is 3.09. The van der Waals surface area contributed by atoms with E-state index in [0.29, 0.717) is 13.0 Å². The van der Waals surface area contributed by atoms with Gasteiger partial charge < -0.3 is 4.90 Å². The molecule has 19 heavy (non-hydrogen) atoms. The van der Waals surface area contributed by atoms with Gasteiger partial charge in [-0.3, -0.25) is 0 Å². The van der Waals surface area contributed by atoms with Crippen molar-refractivity contribution in [3.8, 4) is 6.07 Å². The molecule has 0 N–H and O–H groups in total. The van der Waals surface area contributed by atoms with Crippen LogP contribution in [0.3, 0.4) is 0 Å². The van der Waals surface area contributed by atoms with Crippen LogP contribution in [0.1, 0.15) is 25.1 Å². The molecule has 4 nitrogen and oxygen atoms in total. The van der Waals surface area contributed by atoms with Crippen LogP contribution >= 0.6 is 22.9 Å². The molecular formula is C13H15ClN4S. The summed E-state index contributed by atoms with van der Waals surface area (Å²) in [6.45, 7) is 6.85. The van der Waals surface area contributed by atoms with Crippen LogP contribution in [-0.2, 0) is 0 Å². The Bertz CT molecular complexity index is 629. The molecule has 0 aliphatic rings. The van der Waals surface area contributed by atoms with Gasteiger partial charge in [0.15, 0.2) is 0 Å². The van der Waals surface area contributed by atoms with Crippen molar-refractivity contribution in [2.24, 2.45) is 0 Å². The van der Waals surface area contributed by atoms with Crippen molar-refractivity contribution in [3.05, 3.63) is 16.2 Å². The van der Waals surface area contributed by atoms with E-state index in [1.54, 1.807) is 11.3 Å². The van der Waals surface area contributed by atoms with Crippen LogP contribution in [0.5, 0.6) is 0 Å². The van der Waals surface area contributed by atoms with Gasteiger partial charge >= 0.3 is 0 Å². The maximum atomic E-state index is 8.78. The summed E-state index contributed by atoms with van der Waals surface area (Å²) in [6, 6.07) is 4.50. The lowest BCUT2D eigenvalue weighted by Gasteiger charge is -2.27. The number of hydrogen-bond acceptors (Lipinski definition) is 5. The molecule has 0 saturated carbocycles. The summed E-state index contributed by atoms with van der Waals surface area (Å²) in [5.74, 6) is 0.824. The summed E-state index contributed by atoms with van der Waals surface area (Å²) in [4.78, 5) is 12.8. The molecule has 100 valence electrons. The lowest BCUT2D eigenvalue weighted by Crippen LogP contribution is -2.32. The lowest BCUT2D eigenvalue weighted by molar-refractivity contribution is 0.679. The summed E-state index contributed by atoms with van der Waals surface area (Å²) in [6.07, 6.45) is 0.463. The zero-order chi connectivity index (χ0) is 14.0. The minimum atomic E-state index is 0.253. The molecular weight excluding hydrogens is 280 g/mol. The lowest BCUT2D eigenvalue weighted by atomic mass is 10.2. The smallest absolute Gasteiger partial charge is 0.225 e. The molecule has 0 atom stereocenters. The summed E-state index contributed by atoms with van der Waals surface area (Å²) >= 11 is 7.61. The third kappa shape index (κ3) is 2.96. The Morgan fingerprint density at radius 1 is 1.47 bits per heavy atom. The van der Waals surface area contributed by atoms with Gasteiger partial charge in [-0.05, 0) is 38.4 Å². The summed E-state index contributed by atoms with van der Waals surface area (Å²) in [7, 11) is 0. The average Bonchev–Trinajstić information content (AvgIpc) is 2.69. The SMILES string of the molecule is Cc1cc2c(N(CCC#N)C(C)C)nc(Cl)nc2s1. The first-order valence-corrected chi connectivity index (χ1v) is 7.29. The molecule has 2 rings (SSSR count). The van der Waals surface area contributed by atoms with E-state index in [2.05, 4.69) is 40.9 Å². The van der Waals surface area contributed by atoms with Gasteiger partial charge in [-0.25, -0.2) is 4.98 Å². The number of anilines is 1. The highest BCUT2D eigenvalue weighted by atomic mass is 35.5. The van der Waals surface area contributed by atoms with Gasteiger partial charge in [0.2, 0.25) is 5.28 Å². The number of hydrogen-bond donors (Lipinski definition) is 0. The van der Waals surface area contributed by atoms with E-state index in [-0.39, 0.29) is 11.3 Å². The van der Waals surface area contributed by atoms with Gasteiger partial charge in [0.1, 0.15) is 10.6 Å². The second-order valence-corrected chi connectivity index (χ2v) is 6.16. The largest absolute Gasteiger partial charge is 0.352 e. The van der Waals surface area contributed by atoms with Crippen LogP contribution in [0.4, 0.5) is 5.82 Å². The molecule has 2 aromatic heterocycles. The Morgan fingerprint density at radius 3 is 2.84 bits per heavy atom. The highest BCUT2D eigenvalue weighted by Gasteiger charge is 2.18. The van der Waals surface area contributed by atoms with Crippen molar-refractivity contribution < 1.29 is 0 Å².